The Morgan fingerprint density at radius 3 is 2.82 bits per heavy atom. The average molecular weight is 259 g/mol. The first kappa shape index (κ1) is 13.4. The molecule has 0 unspecified atom stereocenters. The number of carbonyl (C=O) groups is 2. The molecule has 2 amide bonds. The van der Waals surface area contributed by atoms with Gasteiger partial charge in [0.15, 0.2) is 6.10 Å². The molecule has 0 radical (unpaired) electrons. The summed E-state index contributed by atoms with van der Waals surface area (Å²) < 4.78 is 0. The van der Waals surface area contributed by atoms with E-state index in [9.17, 15) is 9.59 Å². The standard InChI is InChI=1S/C9H13N3O4S/c13-7(8(14)15)1-2-10-9(16)11-3-6-4-17-5-12-6/h4-5,7,13H,1-3H2,(H,14,15)(H2,10,11,16)/t7-/m0/s1. The number of aliphatic hydroxyl groups is 1. The van der Waals surface area contributed by atoms with Crippen molar-refractivity contribution in [1.29, 1.82) is 0 Å². The number of carboxylic acid groups (broad SMARTS) is 1. The minimum Gasteiger partial charge on any atom is -0.479 e. The molecule has 0 aliphatic heterocycles. The van der Waals surface area contributed by atoms with Crippen LogP contribution in [0.15, 0.2) is 10.9 Å². The number of hydrogen-bond donors (Lipinski definition) is 4. The van der Waals surface area contributed by atoms with E-state index < -0.39 is 18.1 Å². The molecular weight excluding hydrogens is 246 g/mol. The number of hydrogen-bond acceptors (Lipinski definition) is 5. The van der Waals surface area contributed by atoms with Crippen LogP contribution in [0.4, 0.5) is 4.79 Å². The Morgan fingerprint density at radius 2 is 2.24 bits per heavy atom. The maximum atomic E-state index is 11.2. The number of amides is 2. The Balaban J connectivity index is 2.11. The van der Waals surface area contributed by atoms with Crippen molar-refractivity contribution in [1.82, 2.24) is 15.6 Å². The van der Waals surface area contributed by atoms with Crippen LogP contribution in [0.25, 0.3) is 0 Å². The van der Waals surface area contributed by atoms with Gasteiger partial charge in [0.2, 0.25) is 0 Å². The lowest BCUT2D eigenvalue weighted by atomic mass is 10.2. The zero-order chi connectivity index (χ0) is 12.7. The highest BCUT2D eigenvalue weighted by atomic mass is 32.1. The minimum atomic E-state index is -1.45. The summed E-state index contributed by atoms with van der Waals surface area (Å²) in [6.07, 6.45) is -1.48. The minimum absolute atomic E-state index is 0.0283. The fourth-order valence-corrected chi connectivity index (χ4v) is 1.56. The number of urea groups is 1. The molecule has 0 saturated heterocycles. The van der Waals surface area contributed by atoms with Crippen LogP contribution in [-0.2, 0) is 11.3 Å². The van der Waals surface area contributed by atoms with Crippen LogP contribution in [0.5, 0.6) is 0 Å². The number of carboxylic acids is 1. The molecule has 0 aliphatic carbocycles. The van der Waals surface area contributed by atoms with Crippen molar-refractivity contribution in [3.63, 3.8) is 0 Å². The molecule has 17 heavy (non-hydrogen) atoms. The van der Waals surface area contributed by atoms with Crippen molar-refractivity contribution in [3.05, 3.63) is 16.6 Å². The first-order valence-electron chi connectivity index (χ1n) is 4.89. The Hall–Kier alpha value is -1.67. The Morgan fingerprint density at radius 1 is 1.47 bits per heavy atom. The average Bonchev–Trinajstić information content (AvgIpc) is 2.78. The smallest absolute Gasteiger partial charge is 0.332 e. The molecule has 0 aromatic carbocycles. The predicted octanol–water partition coefficient (Wildman–Crippen LogP) is -0.222. The van der Waals surface area contributed by atoms with Gasteiger partial charge in [0.1, 0.15) is 0 Å². The number of rotatable bonds is 6. The van der Waals surface area contributed by atoms with E-state index in [1.165, 1.54) is 11.3 Å². The van der Waals surface area contributed by atoms with Crippen molar-refractivity contribution in [2.75, 3.05) is 6.54 Å². The van der Waals surface area contributed by atoms with Crippen LogP contribution in [-0.4, -0.2) is 39.8 Å². The van der Waals surface area contributed by atoms with Crippen molar-refractivity contribution in [2.45, 2.75) is 19.1 Å². The third kappa shape index (κ3) is 5.27. The number of aromatic nitrogens is 1. The quantitative estimate of drug-likeness (QED) is 0.564. The van der Waals surface area contributed by atoms with Gasteiger partial charge in [-0.3, -0.25) is 0 Å². The Kier molecular flexibility index (Phi) is 5.37. The Bertz CT molecular complexity index is 368. The third-order valence-electron chi connectivity index (χ3n) is 1.90. The van der Waals surface area contributed by atoms with Crippen LogP contribution in [0.2, 0.25) is 0 Å². The van der Waals surface area contributed by atoms with Crippen molar-refractivity contribution < 1.29 is 19.8 Å². The zero-order valence-electron chi connectivity index (χ0n) is 8.92. The van der Waals surface area contributed by atoms with Gasteiger partial charge in [0, 0.05) is 18.3 Å². The molecule has 0 spiro atoms. The molecule has 1 rings (SSSR count). The van der Waals surface area contributed by atoms with E-state index in [4.69, 9.17) is 10.2 Å². The SMILES string of the molecule is O=C(NCC[C@H](O)C(=O)O)NCc1cscn1. The van der Waals surface area contributed by atoms with E-state index in [0.29, 0.717) is 6.54 Å². The van der Waals surface area contributed by atoms with Gasteiger partial charge in [-0.05, 0) is 0 Å². The molecular formula is C9H13N3O4S. The van der Waals surface area contributed by atoms with Gasteiger partial charge in [0.05, 0.1) is 17.7 Å². The van der Waals surface area contributed by atoms with Crippen molar-refractivity contribution >= 4 is 23.3 Å². The predicted molar refractivity (Wildman–Crippen MR) is 60.6 cm³/mol. The normalized spacial score (nSPS) is 11.8. The van der Waals surface area contributed by atoms with Crippen LogP contribution in [0.1, 0.15) is 12.1 Å². The molecule has 7 nitrogen and oxygen atoms in total. The number of nitrogens with one attached hydrogen (secondary N) is 2. The molecule has 0 aliphatic rings. The van der Waals surface area contributed by atoms with E-state index in [1.807, 2.05) is 5.38 Å². The summed E-state index contributed by atoms with van der Waals surface area (Å²) in [4.78, 5) is 25.5. The highest BCUT2D eigenvalue weighted by molar-refractivity contribution is 7.07. The van der Waals surface area contributed by atoms with E-state index in [2.05, 4.69) is 15.6 Å². The summed E-state index contributed by atoms with van der Waals surface area (Å²) in [5, 5.41) is 24.1. The second-order valence-electron chi connectivity index (χ2n) is 3.23. The molecule has 1 heterocycles. The lowest BCUT2D eigenvalue weighted by molar-refractivity contribution is -0.146. The second-order valence-corrected chi connectivity index (χ2v) is 3.95. The molecule has 94 valence electrons. The second kappa shape index (κ2) is 6.81. The van der Waals surface area contributed by atoms with Crippen LogP contribution in [0.3, 0.4) is 0 Å². The van der Waals surface area contributed by atoms with E-state index in [0.717, 1.165) is 5.69 Å². The largest absolute Gasteiger partial charge is 0.479 e. The van der Waals surface area contributed by atoms with Crippen molar-refractivity contribution in [2.24, 2.45) is 0 Å². The fraction of sp³-hybridized carbons (Fsp3) is 0.444. The molecule has 4 N–H and O–H groups in total. The fourth-order valence-electron chi connectivity index (χ4n) is 1.00. The van der Waals surface area contributed by atoms with Crippen LogP contribution in [0, 0.1) is 0 Å². The molecule has 1 atom stereocenters. The molecule has 8 heteroatoms. The molecule has 0 fully saturated rings. The van der Waals surface area contributed by atoms with Gasteiger partial charge in [-0.2, -0.15) is 0 Å². The molecule has 0 saturated carbocycles. The summed E-state index contributed by atoms with van der Waals surface area (Å²) in [5.41, 5.74) is 2.42. The summed E-state index contributed by atoms with van der Waals surface area (Å²) >= 11 is 1.44. The van der Waals surface area contributed by atoms with Crippen LogP contribution >= 0.6 is 11.3 Å². The Labute approximate surface area is 101 Å². The van der Waals surface area contributed by atoms with Gasteiger partial charge in [-0.1, -0.05) is 0 Å². The van der Waals surface area contributed by atoms with Gasteiger partial charge >= 0.3 is 12.0 Å². The summed E-state index contributed by atoms with van der Waals surface area (Å²) in [5.74, 6) is -1.30. The highest BCUT2D eigenvalue weighted by Crippen LogP contribution is 1.99. The summed E-state index contributed by atoms with van der Waals surface area (Å²) in [6.45, 7) is 0.410. The van der Waals surface area contributed by atoms with Gasteiger partial charge in [-0.25, -0.2) is 14.6 Å². The topological polar surface area (TPSA) is 112 Å². The summed E-state index contributed by atoms with van der Waals surface area (Å²) in [7, 11) is 0. The maximum absolute atomic E-state index is 11.2. The number of carbonyl (C=O) groups excluding carboxylic acids is 1. The number of nitrogens with zero attached hydrogens (tertiary/aromatic N) is 1. The van der Waals surface area contributed by atoms with E-state index in [1.54, 1.807) is 5.51 Å². The number of thiazole rings is 1. The maximum Gasteiger partial charge on any atom is 0.332 e. The van der Waals surface area contributed by atoms with Gasteiger partial charge in [-0.15, -0.1) is 11.3 Å². The zero-order valence-corrected chi connectivity index (χ0v) is 9.74. The lowest BCUT2D eigenvalue weighted by Gasteiger charge is -2.08. The van der Waals surface area contributed by atoms with E-state index in [-0.39, 0.29) is 13.0 Å². The van der Waals surface area contributed by atoms with Gasteiger partial charge in [0.25, 0.3) is 0 Å². The molecule has 1 aromatic rings. The summed E-state index contributed by atoms with van der Waals surface area (Å²) in [6, 6.07) is -0.421. The first-order chi connectivity index (χ1) is 8.09. The van der Waals surface area contributed by atoms with Crippen LogP contribution < -0.4 is 10.6 Å². The lowest BCUT2D eigenvalue weighted by Crippen LogP contribution is -2.37. The first-order valence-corrected chi connectivity index (χ1v) is 5.83. The number of aliphatic carboxylic acids is 1. The van der Waals surface area contributed by atoms with Crippen molar-refractivity contribution in [3.8, 4) is 0 Å². The monoisotopic (exact) mass is 259 g/mol. The number of aliphatic hydroxyl groups excluding tert-OH is 1. The molecule has 0 bridgehead atoms. The third-order valence-corrected chi connectivity index (χ3v) is 2.54. The van der Waals surface area contributed by atoms with Gasteiger partial charge < -0.3 is 20.8 Å². The molecule has 1 aromatic heterocycles. The highest BCUT2D eigenvalue weighted by Gasteiger charge is 2.12. The van der Waals surface area contributed by atoms with E-state index >= 15 is 0 Å².